The molecule has 0 aliphatic carbocycles. The number of fused-ring (bicyclic) bond motifs is 1. The van der Waals surface area contributed by atoms with E-state index in [-0.39, 0.29) is 11.6 Å². The summed E-state index contributed by atoms with van der Waals surface area (Å²) in [6.45, 7) is 0. The standard InChI is InChI=1S/C17H11ClFNO/c18-16(17(21)11-6-8-12(19)9-7-11)14-3-1-5-15-13(14)4-2-10-20-15/h1-10,16H. The van der Waals surface area contributed by atoms with Gasteiger partial charge in [0.05, 0.1) is 5.52 Å². The number of ketones is 1. The van der Waals surface area contributed by atoms with Crippen LogP contribution in [0.15, 0.2) is 60.8 Å². The monoisotopic (exact) mass is 299 g/mol. The van der Waals surface area contributed by atoms with Crippen LogP contribution in [-0.4, -0.2) is 10.8 Å². The van der Waals surface area contributed by atoms with Crippen LogP contribution >= 0.6 is 11.6 Å². The van der Waals surface area contributed by atoms with Crippen LogP contribution in [0.25, 0.3) is 10.9 Å². The lowest BCUT2D eigenvalue weighted by atomic mass is 9.99. The van der Waals surface area contributed by atoms with E-state index < -0.39 is 5.38 Å². The second-order valence-corrected chi connectivity index (χ2v) is 5.09. The number of benzene rings is 2. The highest BCUT2D eigenvalue weighted by Crippen LogP contribution is 2.30. The van der Waals surface area contributed by atoms with Crippen molar-refractivity contribution in [3.05, 3.63) is 77.7 Å². The SMILES string of the molecule is O=C(c1ccc(F)cc1)C(Cl)c1cccc2ncccc12. The molecule has 1 aromatic heterocycles. The lowest BCUT2D eigenvalue weighted by molar-refractivity contribution is 0.0987. The van der Waals surface area contributed by atoms with Gasteiger partial charge in [0.15, 0.2) is 5.78 Å². The van der Waals surface area contributed by atoms with Gasteiger partial charge in [-0.25, -0.2) is 4.39 Å². The van der Waals surface area contributed by atoms with Crippen LogP contribution in [0.3, 0.4) is 0 Å². The molecule has 2 nitrogen and oxygen atoms in total. The number of Topliss-reactive ketones (excluding diaryl/α,β-unsaturated/α-hetero) is 1. The predicted octanol–water partition coefficient (Wildman–Crippen LogP) is 4.54. The van der Waals surface area contributed by atoms with Crippen molar-refractivity contribution in [1.82, 2.24) is 4.98 Å². The number of nitrogens with zero attached hydrogens (tertiary/aromatic N) is 1. The first-order valence-corrected chi connectivity index (χ1v) is 6.88. The lowest BCUT2D eigenvalue weighted by Crippen LogP contribution is -2.08. The highest BCUT2D eigenvalue weighted by Gasteiger charge is 2.21. The molecule has 0 bridgehead atoms. The zero-order valence-corrected chi connectivity index (χ0v) is 11.7. The van der Waals surface area contributed by atoms with Gasteiger partial charge in [-0.05, 0) is 42.0 Å². The van der Waals surface area contributed by atoms with Crippen LogP contribution < -0.4 is 0 Å². The van der Waals surface area contributed by atoms with E-state index in [1.807, 2.05) is 24.3 Å². The first-order chi connectivity index (χ1) is 10.2. The molecule has 0 aliphatic heterocycles. The largest absolute Gasteiger partial charge is 0.292 e. The molecule has 0 amide bonds. The summed E-state index contributed by atoms with van der Waals surface area (Å²) >= 11 is 6.34. The molecule has 0 radical (unpaired) electrons. The maximum absolute atomic E-state index is 12.9. The van der Waals surface area contributed by atoms with E-state index in [9.17, 15) is 9.18 Å². The molecule has 4 heteroatoms. The van der Waals surface area contributed by atoms with Gasteiger partial charge in [0.1, 0.15) is 11.2 Å². The molecule has 1 heterocycles. The summed E-state index contributed by atoms with van der Waals surface area (Å²) < 4.78 is 12.9. The van der Waals surface area contributed by atoms with Crippen LogP contribution in [0.2, 0.25) is 0 Å². The van der Waals surface area contributed by atoms with Crippen molar-refractivity contribution in [3.8, 4) is 0 Å². The Morgan fingerprint density at radius 3 is 2.57 bits per heavy atom. The molecule has 0 N–H and O–H groups in total. The first-order valence-electron chi connectivity index (χ1n) is 6.44. The number of carbonyl (C=O) groups excluding carboxylic acids is 1. The summed E-state index contributed by atoms with van der Waals surface area (Å²) in [6, 6.07) is 14.6. The second-order valence-electron chi connectivity index (χ2n) is 4.65. The predicted molar refractivity (Wildman–Crippen MR) is 81.1 cm³/mol. The quantitative estimate of drug-likeness (QED) is 0.525. The molecule has 104 valence electrons. The molecule has 2 aromatic carbocycles. The zero-order valence-electron chi connectivity index (χ0n) is 11.0. The first kappa shape index (κ1) is 13.7. The van der Waals surface area contributed by atoms with Gasteiger partial charge in [-0.15, -0.1) is 11.6 Å². The molecule has 21 heavy (non-hydrogen) atoms. The second kappa shape index (κ2) is 5.62. The smallest absolute Gasteiger partial charge is 0.185 e. The minimum atomic E-state index is -0.830. The van der Waals surface area contributed by atoms with Crippen molar-refractivity contribution < 1.29 is 9.18 Å². The number of hydrogen-bond donors (Lipinski definition) is 0. The van der Waals surface area contributed by atoms with E-state index in [0.29, 0.717) is 11.1 Å². The molecule has 0 spiro atoms. The van der Waals surface area contributed by atoms with Gasteiger partial charge < -0.3 is 0 Å². The van der Waals surface area contributed by atoms with Crippen LogP contribution in [0, 0.1) is 5.82 Å². The molecule has 0 saturated heterocycles. The van der Waals surface area contributed by atoms with Gasteiger partial charge in [-0.2, -0.15) is 0 Å². The minimum Gasteiger partial charge on any atom is -0.292 e. The maximum atomic E-state index is 12.9. The molecule has 0 aliphatic rings. The van der Waals surface area contributed by atoms with E-state index >= 15 is 0 Å². The van der Waals surface area contributed by atoms with Crippen molar-refractivity contribution in [2.45, 2.75) is 5.38 Å². The Balaban J connectivity index is 2.02. The fourth-order valence-electron chi connectivity index (χ4n) is 2.25. The Morgan fingerprint density at radius 1 is 1.05 bits per heavy atom. The molecular formula is C17H11ClFNO. The van der Waals surface area contributed by atoms with Crippen molar-refractivity contribution >= 4 is 28.3 Å². The van der Waals surface area contributed by atoms with E-state index in [0.717, 1.165) is 10.9 Å². The van der Waals surface area contributed by atoms with Gasteiger partial charge in [0.2, 0.25) is 0 Å². The summed E-state index contributed by atoms with van der Waals surface area (Å²) in [5, 5.41) is 0.0128. The Labute approximate surface area is 126 Å². The summed E-state index contributed by atoms with van der Waals surface area (Å²) in [5.74, 6) is -0.639. The fraction of sp³-hybridized carbons (Fsp3) is 0.0588. The Hall–Kier alpha value is -2.26. The maximum Gasteiger partial charge on any atom is 0.185 e. The lowest BCUT2D eigenvalue weighted by Gasteiger charge is -2.11. The number of aromatic nitrogens is 1. The van der Waals surface area contributed by atoms with Crippen LogP contribution in [0.1, 0.15) is 21.3 Å². The number of halogens is 2. The molecule has 1 atom stereocenters. The number of hydrogen-bond acceptors (Lipinski definition) is 2. The number of rotatable bonds is 3. The van der Waals surface area contributed by atoms with Gasteiger partial charge in [0.25, 0.3) is 0 Å². The fourth-order valence-corrected chi connectivity index (χ4v) is 2.57. The Kier molecular flexibility index (Phi) is 3.67. The average Bonchev–Trinajstić information content (AvgIpc) is 2.53. The van der Waals surface area contributed by atoms with Gasteiger partial charge in [-0.1, -0.05) is 18.2 Å². The number of carbonyl (C=O) groups is 1. The number of alkyl halides is 1. The summed E-state index contributed by atoms with van der Waals surface area (Å²) in [4.78, 5) is 16.7. The van der Waals surface area contributed by atoms with E-state index in [1.165, 1.54) is 24.3 Å². The Bertz CT molecular complexity index is 796. The highest BCUT2D eigenvalue weighted by atomic mass is 35.5. The van der Waals surface area contributed by atoms with Crippen molar-refractivity contribution in [2.75, 3.05) is 0 Å². The van der Waals surface area contributed by atoms with Gasteiger partial charge >= 0.3 is 0 Å². The average molecular weight is 300 g/mol. The minimum absolute atomic E-state index is 0.256. The Morgan fingerprint density at radius 2 is 1.81 bits per heavy atom. The van der Waals surface area contributed by atoms with Gasteiger partial charge in [0, 0.05) is 17.1 Å². The highest BCUT2D eigenvalue weighted by molar-refractivity contribution is 6.34. The molecule has 0 saturated carbocycles. The molecule has 3 aromatic rings. The normalized spacial score (nSPS) is 12.3. The molecular weight excluding hydrogens is 289 g/mol. The molecule has 3 rings (SSSR count). The van der Waals surface area contributed by atoms with Crippen molar-refractivity contribution in [2.24, 2.45) is 0 Å². The summed E-state index contributed by atoms with van der Waals surface area (Å²) in [7, 11) is 0. The third-order valence-corrected chi connectivity index (χ3v) is 3.74. The van der Waals surface area contributed by atoms with E-state index in [2.05, 4.69) is 4.98 Å². The van der Waals surface area contributed by atoms with Crippen LogP contribution in [0.5, 0.6) is 0 Å². The molecule has 0 fully saturated rings. The molecule has 1 unspecified atom stereocenters. The third kappa shape index (κ3) is 2.65. The van der Waals surface area contributed by atoms with Crippen molar-refractivity contribution in [3.63, 3.8) is 0 Å². The summed E-state index contributed by atoms with van der Waals surface area (Å²) in [6.07, 6.45) is 1.69. The van der Waals surface area contributed by atoms with E-state index in [1.54, 1.807) is 12.3 Å². The number of pyridine rings is 1. The van der Waals surface area contributed by atoms with E-state index in [4.69, 9.17) is 11.6 Å². The van der Waals surface area contributed by atoms with Gasteiger partial charge in [-0.3, -0.25) is 9.78 Å². The third-order valence-electron chi connectivity index (χ3n) is 3.31. The van der Waals surface area contributed by atoms with Crippen molar-refractivity contribution in [1.29, 1.82) is 0 Å². The topological polar surface area (TPSA) is 30.0 Å². The summed E-state index contributed by atoms with van der Waals surface area (Å²) in [5.41, 5.74) is 1.88. The zero-order chi connectivity index (χ0) is 14.8. The van der Waals surface area contributed by atoms with Crippen LogP contribution in [0.4, 0.5) is 4.39 Å². The van der Waals surface area contributed by atoms with Crippen LogP contribution in [-0.2, 0) is 0 Å².